The Morgan fingerprint density at radius 3 is 2.15 bits per heavy atom. The highest BCUT2D eigenvalue weighted by atomic mass is 28.3. The summed E-state index contributed by atoms with van der Waals surface area (Å²) in [6, 6.07) is 6.84. The number of hydrogen-bond donors (Lipinski definition) is 0. The van der Waals surface area contributed by atoms with Gasteiger partial charge in [-0.15, -0.1) is 0 Å². The van der Waals surface area contributed by atoms with Crippen LogP contribution in [0.3, 0.4) is 0 Å². The molecule has 0 unspecified atom stereocenters. The molecule has 0 atom stereocenters. The second-order valence-electron chi connectivity index (χ2n) is 8.98. The summed E-state index contributed by atoms with van der Waals surface area (Å²) in [5, 5.41) is 0. The van der Waals surface area contributed by atoms with Crippen LogP contribution in [0.1, 0.15) is 27.7 Å². The molecule has 1 heterocycles. The molecule has 1 aromatic rings. The summed E-state index contributed by atoms with van der Waals surface area (Å²) < 4.78 is 29.0. The number of benzene rings is 1. The van der Waals surface area contributed by atoms with Gasteiger partial charge in [0.25, 0.3) is 0 Å². The molecule has 1 aromatic carbocycles. The summed E-state index contributed by atoms with van der Waals surface area (Å²) in [6.45, 7) is 16.1. The first-order chi connectivity index (χ1) is 12.0. The van der Waals surface area contributed by atoms with Crippen LogP contribution in [0.25, 0.3) is 0 Å². The third kappa shape index (κ3) is 5.25. The van der Waals surface area contributed by atoms with Crippen LogP contribution in [0, 0.1) is 0 Å². The molecule has 0 radical (unpaired) electrons. The van der Waals surface area contributed by atoms with Crippen molar-refractivity contribution in [2.24, 2.45) is 0 Å². The summed E-state index contributed by atoms with van der Waals surface area (Å²) in [5.41, 5.74) is 0.168. The number of methoxy groups -OCH3 is 1. The lowest BCUT2D eigenvalue weighted by Gasteiger charge is -2.32. The van der Waals surface area contributed by atoms with Gasteiger partial charge in [0, 0.05) is 14.7 Å². The molecule has 5 nitrogen and oxygen atoms in total. The Morgan fingerprint density at radius 1 is 1.00 bits per heavy atom. The smallest absolute Gasteiger partial charge is 0.493 e. The van der Waals surface area contributed by atoms with Crippen LogP contribution in [0.15, 0.2) is 18.2 Å². The van der Waals surface area contributed by atoms with Gasteiger partial charge in [-0.05, 0) is 51.3 Å². The van der Waals surface area contributed by atoms with Crippen molar-refractivity contribution in [2.75, 3.05) is 20.5 Å². The maximum Gasteiger partial charge on any atom is 0.494 e. The Kier molecular flexibility index (Phi) is 6.49. The van der Waals surface area contributed by atoms with Gasteiger partial charge in [-0.3, -0.25) is 0 Å². The largest absolute Gasteiger partial charge is 0.494 e. The van der Waals surface area contributed by atoms with Crippen LogP contribution >= 0.6 is 0 Å². The summed E-state index contributed by atoms with van der Waals surface area (Å²) >= 11 is 0. The van der Waals surface area contributed by atoms with Gasteiger partial charge in [0.05, 0.1) is 18.3 Å². The summed E-state index contributed by atoms with van der Waals surface area (Å²) in [4.78, 5) is 0. The van der Waals surface area contributed by atoms with Gasteiger partial charge in [-0.1, -0.05) is 25.7 Å². The van der Waals surface area contributed by atoms with Crippen molar-refractivity contribution in [3.63, 3.8) is 0 Å². The highest BCUT2D eigenvalue weighted by Crippen LogP contribution is 2.37. The summed E-state index contributed by atoms with van der Waals surface area (Å²) in [5.74, 6) is 1.30. The van der Waals surface area contributed by atoms with Crippen LogP contribution in [-0.4, -0.2) is 46.9 Å². The van der Waals surface area contributed by atoms with Crippen molar-refractivity contribution in [1.29, 1.82) is 0 Å². The van der Waals surface area contributed by atoms with E-state index in [9.17, 15) is 0 Å². The quantitative estimate of drug-likeness (QED) is 0.391. The fourth-order valence-corrected chi connectivity index (χ4v) is 3.23. The predicted molar refractivity (Wildman–Crippen MR) is 108 cm³/mol. The molecule has 0 bridgehead atoms. The van der Waals surface area contributed by atoms with Crippen molar-refractivity contribution in [1.82, 2.24) is 0 Å². The zero-order chi connectivity index (χ0) is 19.6. The van der Waals surface area contributed by atoms with Crippen molar-refractivity contribution in [2.45, 2.75) is 64.6 Å². The molecule has 1 aliphatic heterocycles. The number of hydrogen-bond acceptors (Lipinski definition) is 5. The lowest BCUT2D eigenvalue weighted by atomic mass is 9.79. The fourth-order valence-electron chi connectivity index (χ4n) is 2.47. The molecule has 0 spiro atoms. The predicted octanol–water partition coefficient (Wildman–Crippen LogP) is 3.69. The Bertz CT molecular complexity index is 596. The molecule has 1 aliphatic rings. The monoisotopic (exact) mass is 380 g/mol. The Hall–Kier alpha value is -1.02. The van der Waals surface area contributed by atoms with Crippen LogP contribution < -0.4 is 14.9 Å². The van der Waals surface area contributed by atoms with Gasteiger partial charge in [-0.25, -0.2) is 0 Å². The van der Waals surface area contributed by atoms with E-state index in [0.717, 1.165) is 18.1 Å². The van der Waals surface area contributed by atoms with Crippen molar-refractivity contribution in [3.8, 4) is 11.5 Å². The minimum Gasteiger partial charge on any atom is -0.493 e. The van der Waals surface area contributed by atoms with E-state index in [1.165, 1.54) is 0 Å². The minimum absolute atomic E-state index is 0.219. The van der Waals surface area contributed by atoms with E-state index in [4.69, 9.17) is 23.5 Å². The Labute approximate surface area is 159 Å². The second kappa shape index (κ2) is 7.92. The SMILES string of the molecule is COc1cc(B2OC(C)(C)C(C)(C)O2)ccc1OCOCC[Si](C)(C)C. The van der Waals surface area contributed by atoms with E-state index in [0.29, 0.717) is 11.5 Å². The van der Waals surface area contributed by atoms with Crippen molar-refractivity contribution >= 4 is 20.7 Å². The molecule has 0 aromatic heterocycles. The highest BCUT2D eigenvalue weighted by molar-refractivity contribution is 6.76. The Morgan fingerprint density at radius 2 is 1.62 bits per heavy atom. The Balaban J connectivity index is 1.98. The van der Waals surface area contributed by atoms with Gasteiger partial charge in [0.2, 0.25) is 0 Å². The van der Waals surface area contributed by atoms with E-state index < -0.39 is 15.2 Å². The maximum absolute atomic E-state index is 6.09. The highest BCUT2D eigenvalue weighted by Gasteiger charge is 2.51. The molecular weight excluding hydrogens is 347 g/mol. The molecule has 7 heteroatoms. The molecule has 0 saturated carbocycles. The molecule has 0 N–H and O–H groups in total. The first-order valence-electron chi connectivity index (χ1n) is 9.19. The summed E-state index contributed by atoms with van der Waals surface area (Å²) in [7, 11) is 0.123. The number of ether oxygens (including phenoxy) is 3. The zero-order valence-electron chi connectivity index (χ0n) is 17.5. The molecule has 0 aliphatic carbocycles. The van der Waals surface area contributed by atoms with E-state index in [1.54, 1.807) is 7.11 Å². The normalized spacial score (nSPS) is 18.8. The van der Waals surface area contributed by atoms with Crippen LogP contribution in [0.4, 0.5) is 0 Å². The zero-order valence-corrected chi connectivity index (χ0v) is 18.5. The standard InChI is InChI=1S/C19H33BO5Si/c1-18(2)19(3,4)25-20(24-18)15-9-10-16(17(13-15)21-5)23-14-22-11-12-26(6,7)8/h9-10,13H,11-12,14H2,1-8H3. The number of rotatable bonds is 8. The molecule has 1 fully saturated rings. The molecule has 26 heavy (non-hydrogen) atoms. The lowest BCUT2D eigenvalue weighted by Crippen LogP contribution is -2.41. The van der Waals surface area contributed by atoms with E-state index in [-0.39, 0.29) is 18.0 Å². The van der Waals surface area contributed by atoms with Gasteiger partial charge >= 0.3 is 7.12 Å². The molecular formula is C19H33BO5Si. The average molecular weight is 380 g/mol. The van der Waals surface area contributed by atoms with E-state index >= 15 is 0 Å². The van der Waals surface area contributed by atoms with Crippen LogP contribution in [-0.2, 0) is 14.0 Å². The third-order valence-electron chi connectivity index (χ3n) is 5.01. The first-order valence-corrected chi connectivity index (χ1v) is 12.9. The van der Waals surface area contributed by atoms with Gasteiger partial charge in [0.1, 0.15) is 0 Å². The van der Waals surface area contributed by atoms with Crippen molar-refractivity contribution < 1.29 is 23.5 Å². The minimum atomic E-state index is -1.08. The molecule has 1 saturated heterocycles. The molecule has 146 valence electrons. The van der Waals surface area contributed by atoms with Gasteiger partial charge < -0.3 is 23.5 Å². The van der Waals surface area contributed by atoms with Crippen molar-refractivity contribution in [3.05, 3.63) is 18.2 Å². The van der Waals surface area contributed by atoms with Gasteiger partial charge in [0.15, 0.2) is 18.3 Å². The van der Waals surface area contributed by atoms with E-state index in [2.05, 4.69) is 19.6 Å². The maximum atomic E-state index is 6.09. The lowest BCUT2D eigenvalue weighted by molar-refractivity contribution is 0.00578. The second-order valence-corrected chi connectivity index (χ2v) is 14.6. The fraction of sp³-hybridized carbons (Fsp3) is 0.684. The third-order valence-corrected chi connectivity index (χ3v) is 6.71. The molecule has 2 rings (SSSR count). The van der Waals surface area contributed by atoms with E-state index in [1.807, 2.05) is 45.9 Å². The topological polar surface area (TPSA) is 46.2 Å². The van der Waals surface area contributed by atoms with Crippen LogP contribution in [0.5, 0.6) is 11.5 Å². The average Bonchev–Trinajstić information content (AvgIpc) is 2.74. The first kappa shape index (κ1) is 21.3. The van der Waals surface area contributed by atoms with Gasteiger partial charge in [-0.2, -0.15) is 0 Å². The summed E-state index contributed by atoms with van der Waals surface area (Å²) in [6.07, 6.45) is 0. The molecule has 0 amide bonds. The van der Waals surface area contributed by atoms with Crippen LogP contribution in [0.2, 0.25) is 25.7 Å².